The predicted octanol–water partition coefficient (Wildman–Crippen LogP) is 28.0. The molecular formula is C82H122BrClF16N20. The maximum atomic E-state index is 13.5. The van der Waals surface area contributed by atoms with Crippen molar-refractivity contribution < 1.29 is 70.2 Å². The van der Waals surface area contributed by atoms with Crippen molar-refractivity contribution >= 4 is 27.5 Å². The van der Waals surface area contributed by atoms with E-state index in [1.807, 2.05) is 69.6 Å². The molecule has 2 aliphatic carbocycles. The summed E-state index contributed by atoms with van der Waals surface area (Å²) in [5.41, 5.74) is 1.56. The maximum absolute atomic E-state index is 13.5. The van der Waals surface area contributed by atoms with E-state index in [0.29, 0.717) is 35.4 Å². The minimum atomic E-state index is -2.83. The second kappa shape index (κ2) is 48.6. The highest BCUT2D eigenvalue weighted by Crippen LogP contribution is 2.48. The van der Waals surface area contributed by atoms with Crippen molar-refractivity contribution in [2.45, 2.75) is 340 Å². The molecule has 4 unspecified atom stereocenters. The van der Waals surface area contributed by atoms with Crippen molar-refractivity contribution in [2.75, 3.05) is 0 Å². The summed E-state index contributed by atoms with van der Waals surface area (Å²) < 4.78 is 218. The Kier molecular flexibility index (Phi) is 42.9. The molecule has 0 saturated heterocycles. The van der Waals surface area contributed by atoms with Gasteiger partial charge in [-0.05, 0) is 216 Å². The molecule has 2 fully saturated rings. The van der Waals surface area contributed by atoms with E-state index in [1.54, 1.807) is 97.3 Å². The van der Waals surface area contributed by atoms with Gasteiger partial charge in [-0.2, -0.15) is 53.3 Å². The van der Waals surface area contributed by atoms with Gasteiger partial charge in [0.25, 0.3) is 37.5 Å². The van der Waals surface area contributed by atoms with Crippen molar-refractivity contribution in [3.05, 3.63) is 176 Å². The molecule has 0 radical (unpaired) electrons. The first-order valence-corrected chi connectivity index (χ1v) is 41.1. The van der Waals surface area contributed by atoms with E-state index in [-0.39, 0.29) is 103 Å². The summed E-state index contributed by atoms with van der Waals surface area (Å²) in [4.78, 5) is 17.9. The minimum Gasteiger partial charge on any atom is -0.348 e. The highest BCUT2D eigenvalue weighted by molar-refractivity contribution is 9.10. The van der Waals surface area contributed by atoms with Gasteiger partial charge in [0.1, 0.15) is 81.8 Å². The van der Waals surface area contributed by atoms with E-state index in [2.05, 4.69) is 136 Å². The summed E-state index contributed by atoms with van der Waals surface area (Å²) >= 11 is 8.63. The van der Waals surface area contributed by atoms with Crippen LogP contribution in [0, 0.1) is 0 Å². The monoisotopic (exact) mass is 1800 g/mol. The average molecular weight is 1810 g/mol. The molecule has 10 aromatic rings. The van der Waals surface area contributed by atoms with Gasteiger partial charge in [-0.1, -0.05) is 39.3 Å². The van der Waals surface area contributed by atoms with Gasteiger partial charge in [-0.15, -0.1) is 0 Å². The maximum Gasteiger partial charge on any atom is 0.288 e. The number of alkyl halides is 16. The fourth-order valence-corrected chi connectivity index (χ4v) is 12.0. The third kappa shape index (κ3) is 32.9. The number of hydrogen-bond acceptors (Lipinski definition) is 10. The summed E-state index contributed by atoms with van der Waals surface area (Å²) in [5.74, 6) is -2.98. The molecule has 676 valence electrons. The summed E-state index contributed by atoms with van der Waals surface area (Å²) in [6.45, 7) is 45.4. The van der Waals surface area contributed by atoms with Crippen LogP contribution in [0.1, 0.15) is 408 Å². The Bertz CT molecular complexity index is 4140. The summed E-state index contributed by atoms with van der Waals surface area (Å²) in [7, 11) is 0. The molecule has 12 rings (SSSR count). The van der Waals surface area contributed by atoms with Crippen LogP contribution < -0.4 is 0 Å². The zero-order chi connectivity index (χ0) is 91.6. The number of aromatic nitrogens is 20. The van der Waals surface area contributed by atoms with Gasteiger partial charge in [0.2, 0.25) is 0 Å². The van der Waals surface area contributed by atoms with Gasteiger partial charge >= 0.3 is 0 Å². The molecule has 2 aliphatic rings. The molecule has 2 N–H and O–H groups in total. The second-order valence-electron chi connectivity index (χ2n) is 31.7. The number of hydrogen-bond donors (Lipinski definition) is 2. The first-order chi connectivity index (χ1) is 55.6. The van der Waals surface area contributed by atoms with E-state index in [4.69, 9.17) is 11.6 Å². The number of halogens is 18. The van der Waals surface area contributed by atoms with E-state index in [9.17, 15) is 70.2 Å². The number of aromatic amines is 2. The number of nitrogens with zero attached hydrogens (tertiary/aromatic N) is 18. The van der Waals surface area contributed by atoms with E-state index < -0.39 is 67.9 Å². The topological polar surface area (TPSA) is 200 Å². The van der Waals surface area contributed by atoms with E-state index in [0.717, 1.165) is 71.2 Å². The third-order valence-corrected chi connectivity index (χ3v) is 18.8. The minimum absolute atomic E-state index is 0.0269. The highest BCUT2D eigenvalue weighted by atomic mass is 79.9. The van der Waals surface area contributed by atoms with Crippen LogP contribution in [-0.2, 0) is 11.8 Å². The standard InChI is InChI=1S/C12H17F3N2.C11H16F2N2.C9H12BrF3N2.C9H12ClF3N2.C9H13F3N2.C8H12F2N2.4C6H10N2/c1-6(2)17-11(12(14)15)9(8-4-5-8)10(16-17)7(3)13;1-7(2)15-9(8-4-5-8)6-10(14-15)11(3,12)13;2*1-4(2)15-8(9(12)13)6(10)7(14-15)5(3)11;1-5(2)14-8(9(11)12)4-7(13-14)6(3)10;1-6(2)12-5-4-7(11-12)8(3,9)10;1-5(2)6-3-7-4-8-6;1-6(2)8-4-3-7-5-8;1-6(2)8-5-3-4-7-8;1-5(2)6-7-3-4-8-6/h6-8,12H,4-5H2,1-3H3;6-8H,4-5H2,1-3H3;2*4-5,9H,1-3H3;4-6,9H,1-3H3;4-6H,1-3H3;3-5H,1-2H3,(H,7,8);2*3-6H,1-2H3;3-5H,1-2H3,(H,7,8). The largest absolute Gasteiger partial charge is 0.348 e. The lowest BCUT2D eigenvalue weighted by molar-refractivity contribution is 0.0113. The lowest BCUT2D eigenvalue weighted by atomic mass is 10.1. The molecule has 0 aromatic carbocycles. The van der Waals surface area contributed by atoms with Crippen LogP contribution in [0.4, 0.5) is 70.2 Å². The van der Waals surface area contributed by atoms with Crippen LogP contribution in [-0.4, -0.2) is 98.0 Å². The Morgan fingerprint density at radius 3 is 1.23 bits per heavy atom. The predicted molar refractivity (Wildman–Crippen MR) is 440 cm³/mol. The highest BCUT2D eigenvalue weighted by Gasteiger charge is 2.39. The van der Waals surface area contributed by atoms with Crippen LogP contribution in [0.2, 0.25) is 5.02 Å². The quantitative estimate of drug-likeness (QED) is 0.0615. The van der Waals surface area contributed by atoms with E-state index >= 15 is 0 Å². The lowest BCUT2D eigenvalue weighted by Crippen LogP contribution is -2.11. The van der Waals surface area contributed by atoms with Crippen molar-refractivity contribution in [1.82, 2.24) is 98.0 Å². The number of rotatable bonds is 22. The molecule has 20 nitrogen and oxygen atoms in total. The first kappa shape index (κ1) is 106. The molecule has 38 heteroatoms. The summed E-state index contributed by atoms with van der Waals surface area (Å²) in [6.07, 6.45) is 5.98. The summed E-state index contributed by atoms with van der Waals surface area (Å²) in [5, 5.41) is 27.0. The van der Waals surface area contributed by atoms with Crippen LogP contribution in [0.5, 0.6) is 0 Å². The molecular weight excluding hydrogens is 1680 g/mol. The second-order valence-corrected chi connectivity index (χ2v) is 32.9. The Hall–Kier alpha value is -8.25. The smallest absolute Gasteiger partial charge is 0.288 e. The van der Waals surface area contributed by atoms with Crippen molar-refractivity contribution in [3.63, 3.8) is 0 Å². The number of imidazole rings is 3. The summed E-state index contributed by atoms with van der Waals surface area (Å²) in [6, 6.07) is 6.40. The first-order valence-electron chi connectivity index (χ1n) is 39.9. The van der Waals surface area contributed by atoms with Gasteiger partial charge < -0.3 is 14.5 Å². The molecule has 10 aromatic heterocycles. The van der Waals surface area contributed by atoms with Gasteiger partial charge in [0.05, 0.1) is 27.8 Å². The Labute approximate surface area is 708 Å². The van der Waals surface area contributed by atoms with Gasteiger partial charge in [-0.25, -0.2) is 67.6 Å². The molecule has 0 aliphatic heterocycles. The fourth-order valence-electron chi connectivity index (χ4n) is 10.9. The van der Waals surface area contributed by atoms with Gasteiger partial charge in [-0.3, -0.25) is 32.8 Å². The molecule has 0 bridgehead atoms. The van der Waals surface area contributed by atoms with Crippen LogP contribution in [0.15, 0.2) is 91.0 Å². The van der Waals surface area contributed by atoms with Crippen LogP contribution >= 0.6 is 27.5 Å². The Morgan fingerprint density at radius 1 is 0.450 bits per heavy atom. The molecule has 4 atom stereocenters. The Balaban J connectivity index is 0.000000348. The lowest BCUT2D eigenvalue weighted by Gasteiger charge is -2.11. The third-order valence-electron chi connectivity index (χ3n) is 17.6. The number of H-pyrrole nitrogens is 2. The molecule has 10 heterocycles. The van der Waals surface area contributed by atoms with E-state index in [1.165, 1.54) is 48.8 Å². The van der Waals surface area contributed by atoms with Gasteiger partial charge in [0.15, 0.2) is 0 Å². The fraction of sp³-hybridized carbons (Fsp3) is 0.634. The zero-order valence-corrected chi connectivity index (χ0v) is 75.7. The zero-order valence-electron chi connectivity index (χ0n) is 73.3. The van der Waals surface area contributed by atoms with Crippen molar-refractivity contribution in [2.24, 2.45) is 0 Å². The van der Waals surface area contributed by atoms with Crippen molar-refractivity contribution in [3.8, 4) is 0 Å². The molecule has 0 spiro atoms. The van der Waals surface area contributed by atoms with Crippen LogP contribution in [0.25, 0.3) is 0 Å². The molecule has 0 amide bonds. The SMILES string of the molecule is CC(C)c1cnc[nH]1.CC(C)c1ncc[nH]1.CC(C)n1ccc(C(C)(F)F)n1.CC(C)n1cccn1.CC(C)n1ccnc1.CC(C)n1nc(C(C)(F)F)cc1C1CC1.CC(F)c1cc(C(F)F)n(C(C)C)n1.CC(F)c1nn(C(C)C)c(C(F)F)c1Br.CC(F)c1nn(C(C)C)c(C(F)F)c1C1CC1.CC(F)c1nn(C(C)C)c(C(F)F)c1Cl. The average Bonchev–Trinajstić information content (AvgIpc) is 1.60. The normalized spacial score (nSPS) is 13.9. The Morgan fingerprint density at radius 2 is 0.942 bits per heavy atom. The molecule has 120 heavy (non-hydrogen) atoms. The van der Waals surface area contributed by atoms with Crippen LogP contribution in [0.3, 0.4) is 0 Å². The number of nitrogens with one attached hydrogen (secondary N) is 2. The van der Waals surface area contributed by atoms with Crippen molar-refractivity contribution in [1.29, 1.82) is 0 Å². The van der Waals surface area contributed by atoms with Gasteiger partial charge in [0, 0.05) is 141 Å². The molecule has 2 saturated carbocycles.